The van der Waals surface area contributed by atoms with E-state index in [9.17, 15) is 4.79 Å². The minimum Gasteiger partial charge on any atom is -0.485 e. The van der Waals surface area contributed by atoms with E-state index < -0.39 is 0 Å². The zero-order valence-corrected chi connectivity index (χ0v) is 12.7. The van der Waals surface area contributed by atoms with Gasteiger partial charge in [-0.1, -0.05) is 18.2 Å². The number of ether oxygens (including phenoxy) is 2. The number of benzene rings is 1. The van der Waals surface area contributed by atoms with E-state index >= 15 is 0 Å². The lowest BCUT2D eigenvalue weighted by Crippen LogP contribution is -2.32. The van der Waals surface area contributed by atoms with Gasteiger partial charge in [-0.3, -0.25) is 4.79 Å². The van der Waals surface area contributed by atoms with Crippen LogP contribution in [0.25, 0.3) is 0 Å². The third-order valence-electron chi connectivity index (χ3n) is 3.50. The number of hydrogen-bond acceptors (Lipinski definition) is 6. The summed E-state index contributed by atoms with van der Waals surface area (Å²) in [7, 11) is 0. The standard InChI is InChI=1S/C15H19N5O3/c21-15(16-8-12-6-7-22-10-12)9-20-18-14(17-19-20)11-23-13-4-2-1-3-5-13/h1-5,12H,6-11H2,(H,16,21). The Morgan fingerprint density at radius 3 is 3.04 bits per heavy atom. The molecule has 3 rings (SSSR count). The number of tetrazole rings is 1. The smallest absolute Gasteiger partial charge is 0.243 e. The van der Waals surface area contributed by atoms with E-state index in [2.05, 4.69) is 20.7 Å². The molecule has 1 aromatic heterocycles. The summed E-state index contributed by atoms with van der Waals surface area (Å²) in [5, 5.41) is 14.7. The van der Waals surface area contributed by atoms with Gasteiger partial charge in [0.05, 0.1) is 6.61 Å². The van der Waals surface area contributed by atoms with Crippen LogP contribution < -0.4 is 10.1 Å². The number of amides is 1. The van der Waals surface area contributed by atoms with Crippen LogP contribution in [0.3, 0.4) is 0 Å². The first kappa shape index (κ1) is 15.4. The number of carbonyl (C=O) groups is 1. The van der Waals surface area contributed by atoms with Crippen LogP contribution in [0.1, 0.15) is 12.2 Å². The van der Waals surface area contributed by atoms with Crippen LogP contribution in [0.2, 0.25) is 0 Å². The molecule has 8 heteroatoms. The van der Waals surface area contributed by atoms with Crippen molar-refractivity contribution in [3.05, 3.63) is 36.2 Å². The Labute approximate surface area is 133 Å². The quantitative estimate of drug-likeness (QED) is 0.795. The van der Waals surface area contributed by atoms with Gasteiger partial charge in [-0.25, -0.2) is 0 Å². The maximum atomic E-state index is 11.8. The van der Waals surface area contributed by atoms with Gasteiger partial charge in [0.1, 0.15) is 12.3 Å². The molecule has 8 nitrogen and oxygen atoms in total. The second-order valence-corrected chi connectivity index (χ2v) is 5.37. The monoisotopic (exact) mass is 317 g/mol. The average molecular weight is 317 g/mol. The highest BCUT2D eigenvalue weighted by molar-refractivity contribution is 5.75. The van der Waals surface area contributed by atoms with Gasteiger partial charge in [0.2, 0.25) is 11.7 Å². The van der Waals surface area contributed by atoms with Crippen molar-refractivity contribution < 1.29 is 14.3 Å². The van der Waals surface area contributed by atoms with Crippen LogP contribution in [-0.2, 0) is 22.7 Å². The van der Waals surface area contributed by atoms with Crippen LogP contribution in [0.5, 0.6) is 5.75 Å². The van der Waals surface area contributed by atoms with E-state index in [-0.39, 0.29) is 19.1 Å². The number of nitrogens with zero attached hydrogens (tertiary/aromatic N) is 4. The largest absolute Gasteiger partial charge is 0.485 e. The van der Waals surface area contributed by atoms with Gasteiger partial charge in [-0.15, -0.1) is 10.2 Å². The van der Waals surface area contributed by atoms with E-state index in [1.807, 2.05) is 30.3 Å². The van der Waals surface area contributed by atoms with Gasteiger partial charge in [0.25, 0.3) is 0 Å². The normalized spacial score (nSPS) is 17.1. The van der Waals surface area contributed by atoms with E-state index in [1.54, 1.807) is 0 Å². The van der Waals surface area contributed by atoms with E-state index in [1.165, 1.54) is 4.80 Å². The van der Waals surface area contributed by atoms with Gasteiger partial charge in [0, 0.05) is 19.1 Å². The molecule has 122 valence electrons. The molecule has 0 spiro atoms. The number of nitrogens with one attached hydrogen (secondary N) is 1. The fraction of sp³-hybridized carbons (Fsp3) is 0.467. The molecule has 0 aliphatic carbocycles. The molecule has 1 amide bonds. The predicted molar refractivity (Wildman–Crippen MR) is 80.5 cm³/mol. The molecular weight excluding hydrogens is 298 g/mol. The third-order valence-corrected chi connectivity index (χ3v) is 3.50. The van der Waals surface area contributed by atoms with Crippen molar-refractivity contribution in [2.75, 3.05) is 19.8 Å². The minimum absolute atomic E-state index is 0.0475. The molecule has 2 heterocycles. The van der Waals surface area contributed by atoms with Crippen molar-refractivity contribution in [1.29, 1.82) is 0 Å². The summed E-state index contributed by atoms with van der Waals surface area (Å²) < 4.78 is 10.8. The highest BCUT2D eigenvalue weighted by Gasteiger charge is 2.16. The first-order chi connectivity index (χ1) is 11.3. The van der Waals surface area contributed by atoms with E-state index in [4.69, 9.17) is 9.47 Å². The van der Waals surface area contributed by atoms with Gasteiger partial charge in [0.15, 0.2) is 6.61 Å². The SMILES string of the molecule is O=C(Cn1nnc(COc2ccccc2)n1)NCC1CCOC1. The van der Waals surface area contributed by atoms with Crippen molar-refractivity contribution in [1.82, 2.24) is 25.5 Å². The molecule has 1 aromatic carbocycles. The maximum absolute atomic E-state index is 11.8. The number of hydrogen-bond donors (Lipinski definition) is 1. The summed E-state index contributed by atoms with van der Waals surface area (Å²) in [6.07, 6.45) is 0.989. The molecule has 1 atom stereocenters. The summed E-state index contributed by atoms with van der Waals surface area (Å²) in [4.78, 5) is 13.1. The summed E-state index contributed by atoms with van der Waals surface area (Å²) in [6.45, 7) is 2.37. The topological polar surface area (TPSA) is 91.2 Å². The lowest BCUT2D eigenvalue weighted by Gasteiger charge is -2.08. The highest BCUT2D eigenvalue weighted by Crippen LogP contribution is 2.10. The molecule has 1 unspecified atom stereocenters. The summed E-state index contributed by atoms with van der Waals surface area (Å²) in [6, 6.07) is 9.39. The van der Waals surface area contributed by atoms with Crippen molar-refractivity contribution >= 4 is 5.91 Å². The Bertz CT molecular complexity index is 625. The third kappa shape index (κ3) is 4.75. The lowest BCUT2D eigenvalue weighted by atomic mass is 10.1. The average Bonchev–Trinajstić information content (AvgIpc) is 3.24. The first-order valence-electron chi connectivity index (χ1n) is 7.58. The van der Waals surface area contributed by atoms with Crippen molar-refractivity contribution in [2.45, 2.75) is 19.6 Å². The van der Waals surface area contributed by atoms with Gasteiger partial charge < -0.3 is 14.8 Å². The number of rotatable bonds is 7. The molecule has 0 radical (unpaired) electrons. The first-order valence-corrected chi connectivity index (χ1v) is 7.58. The number of para-hydroxylation sites is 1. The van der Waals surface area contributed by atoms with E-state index in [0.717, 1.165) is 18.8 Å². The molecule has 1 N–H and O–H groups in total. The molecule has 23 heavy (non-hydrogen) atoms. The van der Waals surface area contributed by atoms with Crippen molar-refractivity contribution in [3.8, 4) is 5.75 Å². The molecule has 1 saturated heterocycles. The molecule has 1 fully saturated rings. The van der Waals surface area contributed by atoms with Crippen LogP contribution in [-0.4, -0.2) is 45.9 Å². The second kappa shape index (κ2) is 7.68. The van der Waals surface area contributed by atoms with Crippen molar-refractivity contribution in [2.24, 2.45) is 5.92 Å². The molecule has 1 aliphatic rings. The zero-order valence-electron chi connectivity index (χ0n) is 12.7. The summed E-state index contributed by atoms with van der Waals surface area (Å²) in [5.41, 5.74) is 0. The maximum Gasteiger partial charge on any atom is 0.243 e. The summed E-state index contributed by atoms with van der Waals surface area (Å²) >= 11 is 0. The van der Waals surface area contributed by atoms with E-state index in [0.29, 0.717) is 24.9 Å². The van der Waals surface area contributed by atoms with Crippen LogP contribution >= 0.6 is 0 Å². The zero-order chi connectivity index (χ0) is 15.9. The Hall–Kier alpha value is -2.48. The Morgan fingerprint density at radius 1 is 1.39 bits per heavy atom. The van der Waals surface area contributed by atoms with Crippen LogP contribution in [0.4, 0.5) is 0 Å². The molecule has 0 bridgehead atoms. The van der Waals surface area contributed by atoms with Gasteiger partial charge in [-0.2, -0.15) is 4.80 Å². The van der Waals surface area contributed by atoms with Crippen LogP contribution in [0, 0.1) is 5.92 Å². The summed E-state index contributed by atoms with van der Waals surface area (Å²) in [5.74, 6) is 1.44. The number of carbonyl (C=O) groups excluding carboxylic acids is 1. The fourth-order valence-corrected chi connectivity index (χ4v) is 2.25. The molecule has 0 saturated carbocycles. The van der Waals surface area contributed by atoms with Gasteiger partial charge in [-0.05, 0) is 23.8 Å². The minimum atomic E-state index is -0.134. The number of aromatic nitrogens is 4. The Kier molecular flexibility index (Phi) is 5.15. The predicted octanol–water partition coefficient (Wildman–Crippen LogP) is 0.405. The molecule has 2 aromatic rings. The van der Waals surface area contributed by atoms with Gasteiger partial charge >= 0.3 is 0 Å². The fourth-order valence-electron chi connectivity index (χ4n) is 2.25. The van der Waals surface area contributed by atoms with Crippen LogP contribution in [0.15, 0.2) is 30.3 Å². The molecular formula is C15H19N5O3. The highest BCUT2D eigenvalue weighted by atomic mass is 16.5. The Morgan fingerprint density at radius 2 is 2.26 bits per heavy atom. The van der Waals surface area contributed by atoms with Crippen molar-refractivity contribution in [3.63, 3.8) is 0 Å². The second-order valence-electron chi connectivity index (χ2n) is 5.37. The lowest BCUT2D eigenvalue weighted by molar-refractivity contribution is -0.122. The Balaban J connectivity index is 1.42. The molecule has 1 aliphatic heterocycles.